The van der Waals surface area contributed by atoms with Crippen LogP contribution in [0.1, 0.15) is 19.0 Å². The highest BCUT2D eigenvalue weighted by Gasteiger charge is 1.98. The quantitative estimate of drug-likeness (QED) is 0.869. The van der Waals surface area contributed by atoms with Crippen molar-refractivity contribution in [2.75, 3.05) is 5.32 Å². The van der Waals surface area contributed by atoms with Crippen LogP contribution in [0.15, 0.2) is 41.7 Å². The minimum atomic E-state index is 0.0319. The van der Waals surface area contributed by atoms with Crippen molar-refractivity contribution >= 4 is 5.69 Å². The Kier molecular flexibility index (Phi) is 4.06. The van der Waals surface area contributed by atoms with E-state index >= 15 is 0 Å². The van der Waals surface area contributed by atoms with Crippen molar-refractivity contribution in [3.63, 3.8) is 0 Å². The Labute approximate surface area is 106 Å². The lowest BCUT2D eigenvalue weighted by molar-refractivity contribution is 0.655. The van der Waals surface area contributed by atoms with Crippen molar-refractivity contribution in [1.29, 1.82) is 0 Å². The van der Waals surface area contributed by atoms with E-state index in [0.717, 1.165) is 24.3 Å². The molecular formula is C13H16N4O. The van der Waals surface area contributed by atoms with Gasteiger partial charge >= 0.3 is 0 Å². The highest BCUT2D eigenvalue weighted by Crippen LogP contribution is 2.05. The molecule has 0 aromatic carbocycles. The van der Waals surface area contributed by atoms with E-state index in [1.165, 1.54) is 6.33 Å². The number of pyridine rings is 1. The largest absolute Gasteiger partial charge is 0.378 e. The molecule has 2 aromatic rings. The minimum absolute atomic E-state index is 0.0319. The predicted octanol–water partition coefficient (Wildman–Crippen LogP) is 1.66. The van der Waals surface area contributed by atoms with Gasteiger partial charge in [-0.25, -0.2) is 9.97 Å². The lowest BCUT2D eigenvalue weighted by Gasteiger charge is -2.09. The summed E-state index contributed by atoms with van der Waals surface area (Å²) in [5.41, 5.74) is 1.87. The second-order valence-corrected chi connectivity index (χ2v) is 4.00. The average molecular weight is 244 g/mol. The smallest absolute Gasteiger partial charge is 0.250 e. The predicted molar refractivity (Wildman–Crippen MR) is 70.4 cm³/mol. The fourth-order valence-electron chi connectivity index (χ4n) is 1.67. The summed E-state index contributed by atoms with van der Waals surface area (Å²) in [4.78, 5) is 19.5. The van der Waals surface area contributed by atoms with Crippen molar-refractivity contribution < 1.29 is 0 Å². The molecule has 18 heavy (non-hydrogen) atoms. The summed E-state index contributed by atoms with van der Waals surface area (Å²) in [6.45, 7) is 3.40. The molecule has 0 saturated carbocycles. The molecule has 0 radical (unpaired) electrons. The molecule has 5 nitrogen and oxygen atoms in total. The van der Waals surface area contributed by atoms with E-state index in [9.17, 15) is 4.79 Å². The first-order valence-corrected chi connectivity index (χ1v) is 5.99. The number of hydrogen-bond acceptors (Lipinski definition) is 4. The molecule has 0 unspecified atom stereocenters. The van der Waals surface area contributed by atoms with Crippen molar-refractivity contribution in [2.45, 2.75) is 26.4 Å². The number of anilines is 1. The van der Waals surface area contributed by atoms with Crippen LogP contribution in [0.3, 0.4) is 0 Å². The first-order valence-electron chi connectivity index (χ1n) is 5.99. The van der Waals surface area contributed by atoms with Gasteiger partial charge in [-0.1, -0.05) is 6.92 Å². The SMILES string of the molecule is CCCn1cc(NCc2ccncn2)ccc1=O. The van der Waals surface area contributed by atoms with Crippen LogP contribution in [0.25, 0.3) is 0 Å². The highest BCUT2D eigenvalue weighted by molar-refractivity contribution is 5.40. The average Bonchev–Trinajstić information content (AvgIpc) is 2.41. The Bertz CT molecular complexity index is 550. The monoisotopic (exact) mass is 244 g/mol. The van der Waals surface area contributed by atoms with E-state index in [2.05, 4.69) is 15.3 Å². The Balaban J connectivity index is 2.06. The van der Waals surface area contributed by atoms with Gasteiger partial charge in [-0.05, 0) is 18.6 Å². The molecule has 0 fully saturated rings. The maximum atomic E-state index is 11.6. The van der Waals surface area contributed by atoms with Gasteiger partial charge < -0.3 is 9.88 Å². The summed E-state index contributed by atoms with van der Waals surface area (Å²) in [5.74, 6) is 0. The van der Waals surface area contributed by atoms with Crippen LogP contribution in [0, 0.1) is 0 Å². The number of hydrogen-bond donors (Lipinski definition) is 1. The summed E-state index contributed by atoms with van der Waals surface area (Å²) in [6.07, 6.45) is 6.01. The molecule has 0 aliphatic heterocycles. The molecule has 0 atom stereocenters. The topological polar surface area (TPSA) is 59.8 Å². The van der Waals surface area contributed by atoms with Crippen LogP contribution in [-0.4, -0.2) is 14.5 Å². The third-order valence-corrected chi connectivity index (χ3v) is 2.56. The van der Waals surface area contributed by atoms with Crippen LogP contribution >= 0.6 is 0 Å². The van der Waals surface area contributed by atoms with Gasteiger partial charge in [-0.3, -0.25) is 4.79 Å². The summed E-state index contributed by atoms with van der Waals surface area (Å²) in [7, 11) is 0. The molecule has 1 N–H and O–H groups in total. The number of aromatic nitrogens is 3. The second kappa shape index (κ2) is 5.95. The van der Waals surface area contributed by atoms with Gasteiger partial charge in [0.05, 0.1) is 17.9 Å². The zero-order chi connectivity index (χ0) is 12.8. The molecule has 2 rings (SSSR count). The summed E-state index contributed by atoms with van der Waals surface area (Å²) < 4.78 is 1.71. The molecule has 0 spiro atoms. The molecule has 0 aliphatic carbocycles. The van der Waals surface area contributed by atoms with Gasteiger partial charge in [-0.15, -0.1) is 0 Å². The number of aryl methyl sites for hydroxylation is 1. The Hall–Kier alpha value is -2.17. The standard InChI is InChI=1S/C13H16N4O/c1-2-7-17-9-12(3-4-13(17)18)15-8-11-5-6-14-10-16-11/h3-6,9-10,15H,2,7-8H2,1H3. The molecule has 0 amide bonds. The molecule has 2 heterocycles. The van der Waals surface area contributed by atoms with Gasteiger partial charge in [0.1, 0.15) is 6.33 Å². The van der Waals surface area contributed by atoms with E-state index < -0.39 is 0 Å². The van der Waals surface area contributed by atoms with E-state index in [-0.39, 0.29) is 5.56 Å². The summed E-state index contributed by atoms with van der Waals surface area (Å²) in [5, 5.41) is 3.24. The molecular weight excluding hydrogens is 228 g/mol. The second-order valence-electron chi connectivity index (χ2n) is 4.00. The summed E-state index contributed by atoms with van der Waals surface area (Å²) >= 11 is 0. The Morgan fingerprint density at radius 2 is 2.22 bits per heavy atom. The lowest BCUT2D eigenvalue weighted by atomic mass is 10.3. The number of nitrogens with one attached hydrogen (secondary N) is 1. The molecule has 0 saturated heterocycles. The van der Waals surface area contributed by atoms with Crippen LogP contribution < -0.4 is 10.9 Å². The fraction of sp³-hybridized carbons (Fsp3) is 0.308. The van der Waals surface area contributed by atoms with Crippen LogP contribution in [0.5, 0.6) is 0 Å². The maximum Gasteiger partial charge on any atom is 0.250 e. The van der Waals surface area contributed by atoms with Crippen LogP contribution in [0.4, 0.5) is 5.69 Å². The lowest BCUT2D eigenvalue weighted by Crippen LogP contribution is -2.18. The van der Waals surface area contributed by atoms with Crippen LogP contribution in [0.2, 0.25) is 0 Å². The van der Waals surface area contributed by atoms with E-state index in [1.807, 2.05) is 19.2 Å². The van der Waals surface area contributed by atoms with Gasteiger partial charge in [-0.2, -0.15) is 0 Å². The zero-order valence-corrected chi connectivity index (χ0v) is 10.3. The normalized spacial score (nSPS) is 10.3. The van der Waals surface area contributed by atoms with Gasteiger partial charge in [0, 0.05) is 25.0 Å². The molecule has 5 heteroatoms. The van der Waals surface area contributed by atoms with E-state index in [1.54, 1.807) is 22.9 Å². The highest BCUT2D eigenvalue weighted by atomic mass is 16.1. The molecule has 0 bridgehead atoms. The molecule has 2 aromatic heterocycles. The first kappa shape index (κ1) is 12.3. The molecule has 94 valence electrons. The van der Waals surface area contributed by atoms with Crippen molar-refractivity contribution in [1.82, 2.24) is 14.5 Å². The third kappa shape index (κ3) is 3.16. The Morgan fingerprint density at radius 3 is 2.94 bits per heavy atom. The third-order valence-electron chi connectivity index (χ3n) is 2.56. The van der Waals surface area contributed by atoms with E-state index in [4.69, 9.17) is 0 Å². The van der Waals surface area contributed by atoms with Crippen LogP contribution in [-0.2, 0) is 13.1 Å². The Morgan fingerprint density at radius 1 is 1.33 bits per heavy atom. The van der Waals surface area contributed by atoms with Crippen molar-refractivity contribution in [3.8, 4) is 0 Å². The van der Waals surface area contributed by atoms with E-state index in [0.29, 0.717) is 6.54 Å². The van der Waals surface area contributed by atoms with Gasteiger partial charge in [0.25, 0.3) is 5.56 Å². The van der Waals surface area contributed by atoms with Crippen molar-refractivity contribution in [2.24, 2.45) is 0 Å². The van der Waals surface area contributed by atoms with Gasteiger partial charge in [0.2, 0.25) is 0 Å². The van der Waals surface area contributed by atoms with Crippen molar-refractivity contribution in [3.05, 3.63) is 53.0 Å². The maximum absolute atomic E-state index is 11.6. The van der Waals surface area contributed by atoms with Gasteiger partial charge in [0.15, 0.2) is 0 Å². The zero-order valence-electron chi connectivity index (χ0n) is 10.3. The fourth-order valence-corrected chi connectivity index (χ4v) is 1.67. The number of nitrogens with zero attached hydrogens (tertiary/aromatic N) is 3. The first-order chi connectivity index (χ1) is 8.79. The minimum Gasteiger partial charge on any atom is -0.378 e. The summed E-state index contributed by atoms with van der Waals surface area (Å²) in [6, 6.07) is 5.22. The molecule has 0 aliphatic rings. The number of rotatable bonds is 5.